The average Bonchev–Trinajstić information content (AvgIpc) is 2.93. The van der Waals surface area contributed by atoms with Crippen LogP contribution in [0.4, 0.5) is 0 Å². The van der Waals surface area contributed by atoms with Gasteiger partial charge in [-0.05, 0) is 0 Å². The van der Waals surface area contributed by atoms with E-state index in [1.807, 2.05) is 30.3 Å². The third-order valence-electron chi connectivity index (χ3n) is 2.45. The summed E-state index contributed by atoms with van der Waals surface area (Å²) in [6.07, 6.45) is 5.72. The van der Waals surface area contributed by atoms with Crippen LogP contribution in [0.3, 0.4) is 0 Å². The second-order valence-corrected chi connectivity index (χ2v) is 3.86. The van der Waals surface area contributed by atoms with Crippen LogP contribution in [0, 0.1) is 12.3 Å². The molecule has 2 aromatic rings. The van der Waals surface area contributed by atoms with E-state index >= 15 is 0 Å². The summed E-state index contributed by atoms with van der Waals surface area (Å²) < 4.78 is 5.09. The van der Waals surface area contributed by atoms with E-state index in [1.165, 1.54) is 0 Å². The number of aromatic nitrogens is 2. The van der Waals surface area contributed by atoms with E-state index in [0.29, 0.717) is 18.1 Å². The molecule has 0 aliphatic rings. The molecule has 0 bridgehead atoms. The zero-order valence-electron chi connectivity index (χ0n) is 10.3. The van der Waals surface area contributed by atoms with Gasteiger partial charge >= 0.3 is 0 Å². The van der Waals surface area contributed by atoms with Gasteiger partial charge in [0.1, 0.15) is 0 Å². The second-order valence-electron chi connectivity index (χ2n) is 3.86. The van der Waals surface area contributed by atoms with Crippen LogP contribution in [-0.2, 0) is 11.2 Å². The number of amides is 1. The number of aryl methyl sites for hydroxylation is 1. The summed E-state index contributed by atoms with van der Waals surface area (Å²) in [4.78, 5) is 15.6. The summed E-state index contributed by atoms with van der Waals surface area (Å²) in [6.45, 7) is 0.234. The van der Waals surface area contributed by atoms with Crippen molar-refractivity contribution in [2.45, 2.75) is 12.8 Å². The predicted molar refractivity (Wildman–Crippen MR) is 69.9 cm³/mol. The van der Waals surface area contributed by atoms with Gasteiger partial charge in [0.2, 0.25) is 17.6 Å². The highest BCUT2D eigenvalue weighted by Gasteiger charge is 2.09. The van der Waals surface area contributed by atoms with E-state index < -0.39 is 0 Å². The molecule has 0 saturated heterocycles. The Labute approximate surface area is 111 Å². The second kappa shape index (κ2) is 6.36. The lowest BCUT2D eigenvalue weighted by Crippen LogP contribution is -2.23. The van der Waals surface area contributed by atoms with E-state index in [4.69, 9.17) is 10.9 Å². The molecule has 5 nitrogen and oxygen atoms in total. The normalized spacial score (nSPS) is 9.84. The number of terminal acetylenes is 1. The third-order valence-corrected chi connectivity index (χ3v) is 2.45. The Morgan fingerprint density at radius 3 is 2.89 bits per heavy atom. The minimum atomic E-state index is -0.127. The first-order valence-corrected chi connectivity index (χ1v) is 5.88. The Morgan fingerprint density at radius 1 is 1.37 bits per heavy atom. The van der Waals surface area contributed by atoms with Crippen LogP contribution in [0.1, 0.15) is 12.3 Å². The SMILES string of the molecule is C#CCNC(=O)CCc1nc(-c2ccccc2)no1. The van der Waals surface area contributed by atoms with E-state index in [0.717, 1.165) is 5.56 Å². The van der Waals surface area contributed by atoms with E-state index in [9.17, 15) is 4.79 Å². The van der Waals surface area contributed by atoms with Gasteiger partial charge in [-0.2, -0.15) is 4.98 Å². The summed E-state index contributed by atoms with van der Waals surface area (Å²) in [6, 6.07) is 9.51. The fraction of sp³-hybridized carbons (Fsp3) is 0.214. The van der Waals surface area contributed by atoms with Crippen LogP contribution < -0.4 is 5.32 Å². The molecule has 1 N–H and O–H groups in total. The molecule has 19 heavy (non-hydrogen) atoms. The number of carbonyl (C=O) groups excluding carboxylic acids is 1. The summed E-state index contributed by atoms with van der Waals surface area (Å²) >= 11 is 0. The van der Waals surface area contributed by atoms with Crippen LogP contribution in [0.2, 0.25) is 0 Å². The van der Waals surface area contributed by atoms with Gasteiger partial charge in [-0.15, -0.1) is 6.42 Å². The summed E-state index contributed by atoms with van der Waals surface area (Å²) in [5.74, 6) is 3.18. The summed E-state index contributed by atoms with van der Waals surface area (Å²) in [5, 5.41) is 6.45. The number of rotatable bonds is 5. The first-order valence-electron chi connectivity index (χ1n) is 5.88. The van der Waals surface area contributed by atoms with Gasteiger partial charge in [-0.25, -0.2) is 0 Å². The minimum absolute atomic E-state index is 0.127. The monoisotopic (exact) mass is 255 g/mol. The van der Waals surface area contributed by atoms with Crippen LogP contribution in [0.5, 0.6) is 0 Å². The Kier molecular flexibility index (Phi) is 4.29. The molecular formula is C14H13N3O2. The standard InChI is InChI=1S/C14H13N3O2/c1-2-10-15-12(18)8-9-13-16-14(17-19-13)11-6-4-3-5-7-11/h1,3-7H,8-10H2,(H,15,18). The Bertz CT molecular complexity index is 584. The van der Waals surface area contributed by atoms with E-state index in [-0.39, 0.29) is 18.9 Å². The van der Waals surface area contributed by atoms with Crippen molar-refractivity contribution in [2.24, 2.45) is 0 Å². The smallest absolute Gasteiger partial charge is 0.227 e. The van der Waals surface area contributed by atoms with Gasteiger partial charge in [0.15, 0.2) is 0 Å². The lowest BCUT2D eigenvalue weighted by molar-refractivity contribution is -0.120. The topological polar surface area (TPSA) is 68.0 Å². The van der Waals surface area contributed by atoms with Crippen molar-refractivity contribution < 1.29 is 9.32 Å². The summed E-state index contributed by atoms with van der Waals surface area (Å²) in [7, 11) is 0. The third kappa shape index (κ3) is 3.68. The quantitative estimate of drug-likeness (QED) is 0.820. The molecule has 96 valence electrons. The Hall–Kier alpha value is -2.61. The molecule has 0 aliphatic heterocycles. The number of hydrogen-bond acceptors (Lipinski definition) is 4. The van der Waals surface area contributed by atoms with Gasteiger partial charge < -0.3 is 9.84 Å². The van der Waals surface area contributed by atoms with Crippen molar-refractivity contribution in [3.63, 3.8) is 0 Å². The van der Waals surface area contributed by atoms with Gasteiger partial charge in [-0.1, -0.05) is 41.4 Å². The molecule has 0 aliphatic carbocycles. The molecule has 0 atom stereocenters. The van der Waals surface area contributed by atoms with E-state index in [2.05, 4.69) is 21.4 Å². The molecule has 5 heteroatoms. The average molecular weight is 255 g/mol. The zero-order chi connectivity index (χ0) is 13.5. The van der Waals surface area contributed by atoms with Crippen LogP contribution in [-0.4, -0.2) is 22.6 Å². The lowest BCUT2D eigenvalue weighted by atomic mass is 10.2. The molecule has 0 saturated carbocycles. The minimum Gasteiger partial charge on any atom is -0.345 e. The highest BCUT2D eigenvalue weighted by Crippen LogP contribution is 2.15. The molecule has 1 aromatic carbocycles. The fourth-order valence-corrected chi connectivity index (χ4v) is 1.52. The molecule has 2 rings (SSSR count). The maximum atomic E-state index is 11.4. The molecule has 0 fully saturated rings. The molecule has 1 heterocycles. The molecule has 1 aromatic heterocycles. The van der Waals surface area contributed by atoms with Gasteiger partial charge in [0, 0.05) is 18.4 Å². The number of carbonyl (C=O) groups is 1. The van der Waals surface area contributed by atoms with Crippen molar-refractivity contribution in [3.8, 4) is 23.7 Å². The number of benzene rings is 1. The number of nitrogens with zero attached hydrogens (tertiary/aromatic N) is 2. The van der Waals surface area contributed by atoms with Crippen LogP contribution >= 0.6 is 0 Å². The maximum Gasteiger partial charge on any atom is 0.227 e. The van der Waals surface area contributed by atoms with Gasteiger partial charge in [0.25, 0.3) is 0 Å². The van der Waals surface area contributed by atoms with E-state index in [1.54, 1.807) is 0 Å². The zero-order valence-corrected chi connectivity index (χ0v) is 10.3. The van der Waals surface area contributed by atoms with Crippen molar-refractivity contribution in [3.05, 3.63) is 36.2 Å². The highest BCUT2D eigenvalue weighted by atomic mass is 16.5. The molecular weight excluding hydrogens is 242 g/mol. The Morgan fingerprint density at radius 2 is 2.16 bits per heavy atom. The fourth-order valence-electron chi connectivity index (χ4n) is 1.52. The van der Waals surface area contributed by atoms with Gasteiger partial charge in [-0.3, -0.25) is 4.79 Å². The number of hydrogen-bond donors (Lipinski definition) is 1. The summed E-state index contributed by atoms with van der Waals surface area (Å²) in [5.41, 5.74) is 0.884. The molecule has 0 spiro atoms. The van der Waals surface area contributed by atoms with Crippen molar-refractivity contribution in [1.82, 2.24) is 15.5 Å². The van der Waals surface area contributed by atoms with Crippen molar-refractivity contribution >= 4 is 5.91 Å². The molecule has 0 unspecified atom stereocenters. The molecule has 1 amide bonds. The first-order chi connectivity index (χ1) is 9.29. The van der Waals surface area contributed by atoms with Gasteiger partial charge in [0.05, 0.1) is 6.54 Å². The lowest BCUT2D eigenvalue weighted by Gasteiger charge is -1.97. The van der Waals surface area contributed by atoms with Crippen molar-refractivity contribution in [2.75, 3.05) is 6.54 Å². The van der Waals surface area contributed by atoms with Crippen LogP contribution in [0.25, 0.3) is 11.4 Å². The largest absolute Gasteiger partial charge is 0.345 e. The highest BCUT2D eigenvalue weighted by molar-refractivity contribution is 5.76. The van der Waals surface area contributed by atoms with Crippen molar-refractivity contribution in [1.29, 1.82) is 0 Å². The number of nitrogens with one attached hydrogen (secondary N) is 1. The maximum absolute atomic E-state index is 11.4. The Balaban J connectivity index is 1.92. The first kappa shape index (κ1) is 12.8. The molecule has 0 radical (unpaired) electrons. The van der Waals surface area contributed by atoms with Crippen LogP contribution in [0.15, 0.2) is 34.9 Å². The predicted octanol–water partition coefficient (Wildman–Crippen LogP) is 1.42.